The standard InChI is InChI=1S/C15H14N2OS/c1-11-7-8-14(19-11)15(18)12-9-16-17(10-12)13-5-3-2-4-6-13/h2-10,15,18H,1H3. The van der Waals surface area contributed by atoms with Crippen molar-refractivity contribution in [1.82, 2.24) is 9.78 Å². The van der Waals surface area contributed by atoms with E-state index in [2.05, 4.69) is 5.10 Å². The fraction of sp³-hybridized carbons (Fsp3) is 0.133. The van der Waals surface area contributed by atoms with Crippen molar-refractivity contribution in [1.29, 1.82) is 0 Å². The lowest BCUT2D eigenvalue weighted by molar-refractivity contribution is 0.224. The lowest BCUT2D eigenvalue weighted by atomic mass is 10.2. The molecular weight excluding hydrogens is 256 g/mol. The van der Waals surface area contributed by atoms with Crippen molar-refractivity contribution in [2.45, 2.75) is 13.0 Å². The molecule has 2 aromatic heterocycles. The van der Waals surface area contributed by atoms with Crippen LogP contribution < -0.4 is 0 Å². The Balaban J connectivity index is 1.89. The third-order valence-corrected chi connectivity index (χ3v) is 4.02. The first-order chi connectivity index (χ1) is 9.24. The van der Waals surface area contributed by atoms with Gasteiger partial charge in [0.25, 0.3) is 0 Å². The molecule has 1 atom stereocenters. The van der Waals surface area contributed by atoms with Crippen molar-refractivity contribution < 1.29 is 5.11 Å². The summed E-state index contributed by atoms with van der Waals surface area (Å²) in [6.07, 6.45) is 2.98. The molecule has 0 aliphatic heterocycles. The molecule has 1 aromatic carbocycles. The maximum atomic E-state index is 10.3. The van der Waals surface area contributed by atoms with E-state index in [9.17, 15) is 5.11 Å². The van der Waals surface area contributed by atoms with Gasteiger partial charge in [0.05, 0.1) is 11.9 Å². The molecule has 0 aliphatic carbocycles. The molecule has 0 amide bonds. The molecule has 96 valence electrons. The van der Waals surface area contributed by atoms with Crippen LogP contribution in [0.4, 0.5) is 0 Å². The minimum Gasteiger partial charge on any atom is -0.383 e. The van der Waals surface area contributed by atoms with Crippen LogP contribution in [0.1, 0.15) is 21.4 Å². The molecule has 1 unspecified atom stereocenters. The van der Waals surface area contributed by atoms with Gasteiger partial charge in [0.2, 0.25) is 0 Å². The third kappa shape index (κ3) is 2.45. The summed E-state index contributed by atoms with van der Waals surface area (Å²) in [4.78, 5) is 2.15. The number of aliphatic hydroxyl groups excluding tert-OH is 1. The first-order valence-corrected chi connectivity index (χ1v) is 6.90. The van der Waals surface area contributed by atoms with Crippen molar-refractivity contribution in [3.63, 3.8) is 0 Å². The lowest BCUT2D eigenvalue weighted by Gasteiger charge is -2.05. The van der Waals surface area contributed by atoms with E-state index in [4.69, 9.17) is 0 Å². The van der Waals surface area contributed by atoms with Crippen LogP contribution in [0.2, 0.25) is 0 Å². The van der Waals surface area contributed by atoms with Gasteiger partial charge in [-0.05, 0) is 31.2 Å². The molecule has 0 spiro atoms. The lowest BCUT2D eigenvalue weighted by Crippen LogP contribution is -1.96. The second-order valence-corrected chi connectivity index (χ2v) is 5.72. The molecule has 1 N–H and O–H groups in total. The van der Waals surface area contributed by atoms with Crippen molar-refractivity contribution >= 4 is 11.3 Å². The third-order valence-electron chi connectivity index (χ3n) is 2.97. The van der Waals surface area contributed by atoms with E-state index < -0.39 is 6.10 Å². The highest BCUT2D eigenvalue weighted by Gasteiger charge is 2.14. The Bertz CT molecular complexity index is 672. The molecule has 0 bridgehead atoms. The zero-order chi connectivity index (χ0) is 13.2. The molecule has 0 aliphatic rings. The quantitative estimate of drug-likeness (QED) is 0.792. The molecule has 3 nitrogen and oxygen atoms in total. The van der Waals surface area contributed by atoms with Gasteiger partial charge in [-0.1, -0.05) is 18.2 Å². The SMILES string of the molecule is Cc1ccc(C(O)c2cnn(-c3ccccc3)c2)s1. The van der Waals surface area contributed by atoms with E-state index in [1.54, 1.807) is 22.2 Å². The van der Waals surface area contributed by atoms with Gasteiger partial charge in [0.1, 0.15) is 6.10 Å². The first kappa shape index (κ1) is 12.1. The van der Waals surface area contributed by atoms with Crippen LogP contribution >= 0.6 is 11.3 Å². The number of hydrogen-bond acceptors (Lipinski definition) is 3. The van der Waals surface area contributed by atoms with Crippen LogP contribution in [-0.2, 0) is 0 Å². The van der Waals surface area contributed by atoms with E-state index in [0.29, 0.717) is 0 Å². The fourth-order valence-electron chi connectivity index (χ4n) is 1.96. The van der Waals surface area contributed by atoms with Crippen molar-refractivity contribution in [3.05, 3.63) is 70.2 Å². The van der Waals surface area contributed by atoms with E-state index in [1.165, 1.54) is 4.88 Å². The number of benzene rings is 1. The number of para-hydroxylation sites is 1. The maximum Gasteiger partial charge on any atom is 0.116 e. The van der Waals surface area contributed by atoms with Crippen LogP contribution in [0.25, 0.3) is 5.69 Å². The Morgan fingerprint density at radius 2 is 1.95 bits per heavy atom. The number of hydrogen-bond donors (Lipinski definition) is 1. The van der Waals surface area contributed by atoms with Crippen LogP contribution in [0, 0.1) is 6.92 Å². The van der Waals surface area contributed by atoms with Crippen LogP contribution in [0.15, 0.2) is 54.9 Å². The maximum absolute atomic E-state index is 10.3. The molecule has 0 saturated heterocycles. The molecular formula is C15H14N2OS. The normalized spacial score (nSPS) is 12.5. The minimum absolute atomic E-state index is 0.601. The monoisotopic (exact) mass is 270 g/mol. The number of thiophene rings is 1. The van der Waals surface area contributed by atoms with E-state index >= 15 is 0 Å². The van der Waals surface area contributed by atoms with Gasteiger partial charge in [-0.2, -0.15) is 5.10 Å². The number of rotatable bonds is 3. The molecule has 0 fully saturated rings. The largest absolute Gasteiger partial charge is 0.383 e. The Hall–Kier alpha value is -1.91. The zero-order valence-electron chi connectivity index (χ0n) is 10.5. The summed E-state index contributed by atoms with van der Waals surface area (Å²) in [5.74, 6) is 0. The summed E-state index contributed by atoms with van der Waals surface area (Å²) in [7, 11) is 0. The molecule has 3 aromatic rings. The molecule has 0 saturated carbocycles. The van der Waals surface area contributed by atoms with Crippen molar-refractivity contribution in [3.8, 4) is 5.69 Å². The van der Waals surface area contributed by atoms with Gasteiger partial charge in [-0.25, -0.2) is 4.68 Å². The molecule has 4 heteroatoms. The highest BCUT2D eigenvalue weighted by Crippen LogP contribution is 2.28. The van der Waals surface area contributed by atoms with Crippen LogP contribution in [-0.4, -0.2) is 14.9 Å². The Morgan fingerprint density at radius 3 is 2.63 bits per heavy atom. The van der Waals surface area contributed by atoms with Gasteiger partial charge in [0.15, 0.2) is 0 Å². The van der Waals surface area contributed by atoms with Gasteiger partial charge in [-0.15, -0.1) is 11.3 Å². The average molecular weight is 270 g/mol. The topological polar surface area (TPSA) is 38.1 Å². The van der Waals surface area contributed by atoms with Crippen molar-refractivity contribution in [2.24, 2.45) is 0 Å². The second-order valence-electron chi connectivity index (χ2n) is 4.40. The van der Waals surface area contributed by atoms with Crippen LogP contribution in [0.5, 0.6) is 0 Å². The summed E-state index contributed by atoms with van der Waals surface area (Å²) < 4.78 is 1.78. The first-order valence-electron chi connectivity index (χ1n) is 6.08. The summed E-state index contributed by atoms with van der Waals surface area (Å²) in [6.45, 7) is 2.04. The Kier molecular flexibility index (Phi) is 3.19. The summed E-state index contributed by atoms with van der Waals surface area (Å²) >= 11 is 1.61. The minimum atomic E-state index is -0.601. The molecule has 0 radical (unpaired) electrons. The van der Waals surface area contributed by atoms with Crippen LogP contribution in [0.3, 0.4) is 0 Å². The fourth-order valence-corrected chi connectivity index (χ4v) is 2.86. The number of aliphatic hydroxyl groups is 1. The Labute approximate surface area is 115 Å². The molecule has 19 heavy (non-hydrogen) atoms. The zero-order valence-corrected chi connectivity index (χ0v) is 11.3. The van der Waals surface area contributed by atoms with Gasteiger partial charge >= 0.3 is 0 Å². The van der Waals surface area contributed by atoms with E-state index in [1.807, 2.05) is 55.6 Å². The molecule has 2 heterocycles. The second kappa shape index (κ2) is 4.99. The average Bonchev–Trinajstić information content (AvgIpc) is 3.08. The van der Waals surface area contributed by atoms with Gasteiger partial charge in [-0.3, -0.25) is 0 Å². The number of aryl methyl sites for hydroxylation is 1. The van der Waals surface area contributed by atoms with E-state index in [0.717, 1.165) is 16.1 Å². The number of aromatic nitrogens is 2. The Morgan fingerprint density at radius 1 is 1.16 bits per heavy atom. The predicted octanol–water partition coefficient (Wildman–Crippen LogP) is 3.32. The number of nitrogens with zero attached hydrogens (tertiary/aromatic N) is 2. The summed E-state index contributed by atoms with van der Waals surface area (Å²) in [5, 5.41) is 14.6. The van der Waals surface area contributed by atoms with Gasteiger partial charge < -0.3 is 5.11 Å². The van der Waals surface area contributed by atoms with E-state index in [-0.39, 0.29) is 0 Å². The molecule has 3 rings (SSSR count). The highest BCUT2D eigenvalue weighted by molar-refractivity contribution is 7.12. The van der Waals surface area contributed by atoms with Crippen molar-refractivity contribution in [2.75, 3.05) is 0 Å². The smallest absolute Gasteiger partial charge is 0.116 e. The highest BCUT2D eigenvalue weighted by atomic mass is 32.1. The summed E-state index contributed by atoms with van der Waals surface area (Å²) in [5.41, 5.74) is 1.80. The summed E-state index contributed by atoms with van der Waals surface area (Å²) in [6, 6.07) is 13.9. The predicted molar refractivity (Wildman–Crippen MR) is 76.7 cm³/mol. The van der Waals surface area contributed by atoms with Gasteiger partial charge in [0, 0.05) is 21.5 Å².